The molecule has 5 heteroatoms. The van der Waals surface area contributed by atoms with E-state index in [1.54, 1.807) is 4.90 Å². The third-order valence-electron chi connectivity index (χ3n) is 2.86. The SMILES string of the molecule is CSC1(CN2CCC(=O)NC2=O)CC1. The van der Waals surface area contributed by atoms with Crippen LogP contribution in [0.2, 0.25) is 0 Å². The fourth-order valence-corrected chi connectivity index (χ4v) is 2.46. The molecule has 78 valence electrons. The minimum absolute atomic E-state index is 0.153. The van der Waals surface area contributed by atoms with Crippen molar-refractivity contribution in [2.24, 2.45) is 0 Å². The van der Waals surface area contributed by atoms with Crippen molar-refractivity contribution in [3.8, 4) is 0 Å². The Morgan fingerprint density at radius 3 is 2.71 bits per heavy atom. The molecule has 0 aromatic rings. The van der Waals surface area contributed by atoms with E-state index in [1.807, 2.05) is 11.8 Å². The maximum absolute atomic E-state index is 11.4. The van der Waals surface area contributed by atoms with E-state index < -0.39 is 0 Å². The Hall–Kier alpha value is -0.710. The summed E-state index contributed by atoms with van der Waals surface area (Å²) < 4.78 is 0.289. The summed E-state index contributed by atoms with van der Waals surface area (Å²) in [5, 5.41) is 2.34. The second-order valence-corrected chi connectivity index (χ2v) is 5.19. The Labute approximate surface area is 87.4 Å². The van der Waals surface area contributed by atoms with E-state index in [-0.39, 0.29) is 16.7 Å². The van der Waals surface area contributed by atoms with Crippen LogP contribution in [0.25, 0.3) is 0 Å². The van der Waals surface area contributed by atoms with E-state index in [4.69, 9.17) is 0 Å². The zero-order valence-electron chi connectivity index (χ0n) is 8.21. The van der Waals surface area contributed by atoms with Gasteiger partial charge in [0, 0.05) is 24.3 Å². The molecule has 1 aliphatic carbocycles. The van der Waals surface area contributed by atoms with Crippen molar-refractivity contribution in [2.75, 3.05) is 19.3 Å². The molecule has 0 aromatic heterocycles. The summed E-state index contributed by atoms with van der Waals surface area (Å²) in [6.45, 7) is 1.36. The van der Waals surface area contributed by atoms with Crippen molar-refractivity contribution in [3.05, 3.63) is 0 Å². The lowest BCUT2D eigenvalue weighted by atomic mass is 10.3. The van der Waals surface area contributed by atoms with Gasteiger partial charge in [-0.2, -0.15) is 11.8 Å². The zero-order chi connectivity index (χ0) is 10.2. The quantitative estimate of drug-likeness (QED) is 0.757. The van der Waals surface area contributed by atoms with Gasteiger partial charge >= 0.3 is 6.03 Å². The van der Waals surface area contributed by atoms with Crippen LogP contribution < -0.4 is 5.32 Å². The van der Waals surface area contributed by atoms with Gasteiger partial charge in [-0.15, -0.1) is 0 Å². The summed E-state index contributed by atoms with van der Waals surface area (Å²) >= 11 is 1.83. The number of nitrogens with zero attached hydrogens (tertiary/aromatic N) is 1. The summed E-state index contributed by atoms with van der Waals surface area (Å²) in [5.74, 6) is -0.153. The maximum atomic E-state index is 11.4. The van der Waals surface area contributed by atoms with Gasteiger partial charge < -0.3 is 4.90 Å². The largest absolute Gasteiger partial charge is 0.324 e. The molecule has 0 radical (unpaired) electrons. The molecule has 1 aliphatic heterocycles. The first-order valence-electron chi connectivity index (χ1n) is 4.79. The average Bonchev–Trinajstić information content (AvgIpc) is 2.91. The smallest absolute Gasteiger partial charge is 0.323 e. The average molecular weight is 214 g/mol. The second-order valence-electron chi connectivity index (χ2n) is 3.91. The van der Waals surface area contributed by atoms with Gasteiger partial charge in [0.1, 0.15) is 0 Å². The monoisotopic (exact) mass is 214 g/mol. The van der Waals surface area contributed by atoms with Crippen LogP contribution in [0, 0.1) is 0 Å². The standard InChI is InChI=1S/C9H14N2O2S/c1-14-9(3-4-9)6-11-5-2-7(12)10-8(11)13/h2-6H2,1H3,(H,10,12,13). The van der Waals surface area contributed by atoms with Crippen molar-refractivity contribution < 1.29 is 9.59 Å². The summed E-state index contributed by atoms with van der Waals surface area (Å²) in [4.78, 5) is 24.1. The van der Waals surface area contributed by atoms with Gasteiger partial charge in [-0.3, -0.25) is 10.1 Å². The summed E-state index contributed by atoms with van der Waals surface area (Å²) in [6, 6.07) is -0.221. The van der Waals surface area contributed by atoms with Gasteiger partial charge in [0.2, 0.25) is 5.91 Å². The predicted octanol–water partition coefficient (Wildman–Crippen LogP) is 0.824. The lowest BCUT2D eigenvalue weighted by Gasteiger charge is -2.29. The summed E-state index contributed by atoms with van der Waals surface area (Å²) in [5.41, 5.74) is 0. The van der Waals surface area contributed by atoms with Crippen LogP contribution in [0.5, 0.6) is 0 Å². The van der Waals surface area contributed by atoms with E-state index in [0.29, 0.717) is 13.0 Å². The first kappa shape index (κ1) is 9.83. The van der Waals surface area contributed by atoms with Crippen LogP contribution in [-0.4, -0.2) is 40.9 Å². The molecular weight excluding hydrogens is 200 g/mol. The third-order valence-corrected chi connectivity index (χ3v) is 4.27. The van der Waals surface area contributed by atoms with Gasteiger partial charge in [-0.25, -0.2) is 4.79 Å². The molecule has 0 bridgehead atoms. The van der Waals surface area contributed by atoms with Crippen molar-refractivity contribution in [1.29, 1.82) is 0 Å². The molecule has 1 saturated carbocycles. The Morgan fingerprint density at radius 1 is 1.50 bits per heavy atom. The van der Waals surface area contributed by atoms with E-state index >= 15 is 0 Å². The second kappa shape index (κ2) is 3.46. The lowest BCUT2D eigenvalue weighted by Crippen LogP contribution is -2.51. The van der Waals surface area contributed by atoms with Crippen LogP contribution in [-0.2, 0) is 4.79 Å². The molecule has 0 spiro atoms. The number of imide groups is 1. The van der Waals surface area contributed by atoms with Crippen LogP contribution in [0.1, 0.15) is 19.3 Å². The predicted molar refractivity (Wildman–Crippen MR) is 55.2 cm³/mol. The maximum Gasteiger partial charge on any atom is 0.324 e. The molecule has 0 aromatic carbocycles. The third kappa shape index (κ3) is 1.87. The van der Waals surface area contributed by atoms with E-state index in [1.165, 1.54) is 12.8 Å². The van der Waals surface area contributed by atoms with Crippen LogP contribution in [0.15, 0.2) is 0 Å². The Balaban J connectivity index is 1.92. The van der Waals surface area contributed by atoms with E-state index in [0.717, 1.165) is 6.54 Å². The van der Waals surface area contributed by atoms with Crippen molar-refractivity contribution in [3.63, 3.8) is 0 Å². The molecule has 0 unspecified atom stereocenters. The van der Waals surface area contributed by atoms with Gasteiger partial charge in [0.05, 0.1) is 0 Å². The van der Waals surface area contributed by atoms with Gasteiger partial charge in [0.25, 0.3) is 0 Å². The Morgan fingerprint density at radius 2 is 2.21 bits per heavy atom. The van der Waals surface area contributed by atoms with E-state index in [2.05, 4.69) is 11.6 Å². The minimum atomic E-state index is -0.221. The molecule has 3 amide bonds. The molecule has 14 heavy (non-hydrogen) atoms. The number of urea groups is 1. The molecule has 2 aliphatic rings. The fraction of sp³-hybridized carbons (Fsp3) is 0.778. The first-order valence-corrected chi connectivity index (χ1v) is 6.02. The number of carbonyl (C=O) groups excluding carboxylic acids is 2. The number of amides is 3. The summed E-state index contributed by atoms with van der Waals surface area (Å²) in [7, 11) is 0. The molecule has 4 nitrogen and oxygen atoms in total. The number of hydrogen-bond acceptors (Lipinski definition) is 3. The molecule has 1 saturated heterocycles. The Kier molecular flexibility index (Phi) is 2.43. The molecule has 0 atom stereocenters. The zero-order valence-corrected chi connectivity index (χ0v) is 9.02. The number of thioether (sulfide) groups is 1. The highest BCUT2D eigenvalue weighted by atomic mass is 32.2. The molecule has 2 rings (SSSR count). The first-order chi connectivity index (χ1) is 6.65. The highest BCUT2D eigenvalue weighted by Crippen LogP contribution is 2.47. The fourth-order valence-electron chi connectivity index (χ4n) is 1.66. The molecular formula is C9H14N2O2S. The van der Waals surface area contributed by atoms with Gasteiger partial charge in [0.15, 0.2) is 0 Å². The van der Waals surface area contributed by atoms with Crippen molar-refractivity contribution in [1.82, 2.24) is 10.2 Å². The van der Waals surface area contributed by atoms with Gasteiger partial charge in [-0.05, 0) is 19.1 Å². The van der Waals surface area contributed by atoms with Crippen LogP contribution in [0.4, 0.5) is 4.79 Å². The molecule has 2 fully saturated rings. The van der Waals surface area contributed by atoms with E-state index in [9.17, 15) is 9.59 Å². The van der Waals surface area contributed by atoms with Crippen LogP contribution >= 0.6 is 11.8 Å². The number of carbonyl (C=O) groups is 2. The van der Waals surface area contributed by atoms with Gasteiger partial charge in [-0.1, -0.05) is 0 Å². The van der Waals surface area contributed by atoms with Crippen molar-refractivity contribution in [2.45, 2.75) is 24.0 Å². The number of rotatable bonds is 3. The lowest BCUT2D eigenvalue weighted by molar-refractivity contribution is -0.121. The highest BCUT2D eigenvalue weighted by Gasteiger charge is 2.44. The highest BCUT2D eigenvalue weighted by molar-refractivity contribution is 8.00. The Bertz CT molecular complexity index is 276. The number of nitrogens with one attached hydrogen (secondary N) is 1. The molecule has 1 heterocycles. The number of hydrogen-bond donors (Lipinski definition) is 1. The minimum Gasteiger partial charge on any atom is -0.323 e. The van der Waals surface area contributed by atoms with Crippen LogP contribution in [0.3, 0.4) is 0 Å². The summed E-state index contributed by atoms with van der Waals surface area (Å²) in [6.07, 6.45) is 4.90. The topological polar surface area (TPSA) is 49.4 Å². The normalized spacial score (nSPS) is 24.8. The molecule has 1 N–H and O–H groups in total. The van der Waals surface area contributed by atoms with Crippen molar-refractivity contribution >= 4 is 23.7 Å².